The highest BCUT2D eigenvalue weighted by Gasteiger charge is 2.32. The quantitative estimate of drug-likeness (QED) is 0.806. The average Bonchev–Trinajstić information content (AvgIpc) is 2.95. The zero-order valence-electron chi connectivity index (χ0n) is 12.5. The number of fused-ring (bicyclic) bond motifs is 1. The molecule has 4 nitrogen and oxygen atoms in total. The van der Waals surface area contributed by atoms with Gasteiger partial charge in [-0.2, -0.15) is 0 Å². The highest BCUT2D eigenvalue weighted by Crippen LogP contribution is 2.31. The average molecular weight is 285 g/mol. The number of hydrogen-bond acceptors (Lipinski definition) is 2. The van der Waals surface area contributed by atoms with E-state index in [0.29, 0.717) is 6.42 Å². The van der Waals surface area contributed by atoms with Crippen LogP contribution in [0.25, 0.3) is 10.9 Å². The van der Waals surface area contributed by atoms with Crippen LogP contribution in [0.3, 0.4) is 0 Å². The van der Waals surface area contributed by atoms with Crippen LogP contribution < -0.4 is 10.6 Å². The number of carbonyl (C=O) groups is 1. The van der Waals surface area contributed by atoms with Crippen LogP contribution in [-0.4, -0.2) is 23.5 Å². The molecule has 0 unspecified atom stereocenters. The lowest BCUT2D eigenvalue weighted by Gasteiger charge is -2.36. The van der Waals surface area contributed by atoms with Gasteiger partial charge in [0.15, 0.2) is 0 Å². The molecule has 1 aliphatic carbocycles. The second-order valence-corrected chi connectivity index (χ2v) is 6.10. The molecule has 1 fully saturated rings. The molecule has 1 heterocycles. The van der Waals surface area contributed by atoms with Crippen LogP contribution in [0.4, 0.5) is 5.69 Å². The van der Waals surface area contributed by atoms with Crippen LogP contribution in [0.5, 0.6) is 0 Å². The molecule has 1 saturated carbocycles. The lowest BCUT2D eigenvalue weighted by atomic mass is 9.79. The number of amides is 1. The van der Waals surface area contributed by atoms with Crippen LogP contribution in [-0.2, 0) is 4.79 Å². The predicted molar refractivity (Wildman–Crippen MR) is 86.4 cm³/mol. The Morgan fingerprint density at radius 3 is 2.81 bits per heavy atom. The Kier molecular flexibility index (Phi) is 3.97. The number of aromatic amines is 1. The summed E-state index contributed by atoms with van der Waals surface area (Å²) < 4.78 is 0. The van der Waals surface area contributed by atoms with Crippen molar-refractivity contribution in [2.45, 2.75) is 44.1 Å². The second-order valence-electron chi connectivity index (χ2n) is 6.10. The zero-order valence-corrected chi connectivity index (χ0v) is 12.5. The third-order valence-corrected chi connectivity index (χ3v) is 4.68. The Bertz CT molecular complexity index is 626. The molecular formula is C17H23N3O. The Labute approximate surface area is 125 Å². The van der Waals surface area contributed by atoms with Gasteiger partial charge in [0.25, 0.3) is 0 Å². The third-order valence-electron chi connectivity index (χ3n) is 4.68. The van der Waals surface area contributed by atoms with Gasteiger partial charge in [0.05, 0.1) is 0 Å². The van der Waals surface area contributed by atoms with Crippen molar-refractivity contribution in [2.24, 2.45) is 0 Å². The SMILES string of the molecule is CNC1(CC(=O)Nc2ccc3[nH]ccc3c2)CCCCC1. The molecule has 0 radical (unpaired) electrons. The first kappa shape index (κ1) is 14.1. The number of hydrogen-bond donors (Lipinski definition) is 3. The van der Waals surface area contributed by atoms with Gasteiger partial charge in [-0.25, -0.2) is 0 Å². The molecule has 1 aromatic heterocycles. The molecule has 0 spiro atoms. The third kappa shape index (κ3) is 3.10. The van der Waals surface area contributed by atoms with E-state index in [0.717, 1.165) is 29.4 Å². The minimum atomic E-state index is -0.0134. The Hall–Kier alpha value is -1.81. The Balaban J connectivity index is 1.67. The molecule has 3 rings (SSSR count). The molecule has 1 aliphatic rings. The molecule has 1 amide bonds. The van der Waals surface area contributed by atoms with Gasteiger partial charge < -0.3 is 15.6 Å². The predicted octanol–water partition coefficient (Wildman–Crippen LogP) is 3.42. The number of aromatic nitrogens is 1. The Morgan fingerprint density at radius 1 is 1.24 bits per heavy atom. The van der Waals surface area contributed by atoms with Crippen molar-refractivity contribution in [3.63, 3.8) is 0 Å². The molecule has 112 valence electrons. The van der Waals surface area contributed by atoms with Crippen LogP contribution in [0.2, 0.25) is 0 Å². The fourth-order valence-corrected chi connectivity index (χ4v) is 3.39. The van der Waals surface area contributed by atoms with Crippen LogP contribution in [0.15, 0.2) is 30.5 Å². The van der Waals surface area contributed by atoms with E-state index in [2.05, 4.69) is 15.6 Å². The van der Waals surface area contributed by atoms with E-state index in [1.807, 2.05) is 37.5 Å². The number of nitrogens with one attached hydrogen (secondary N) is 3. The molecule has 2 aromatic rings. The van der Waals surface area contributed by atoms with Gasteiger partial charge in [0.2, 0.25) is 5.91 Å². The Morgan fingerprint density at radius 2 is 2.05 bits per heavy atom. The van der Waals surface area contributed by atoms with Gasteiger partial charge in [-0.3, -0.25) is 4.79 Å². The topological polar surface area (TPSA) is 56.9 Å². The number of H-pyrrole nitrogens is 1. The van der Waals surface area contributed by atoms with E-state index in [4.69, 9.17) is 0 Å². The second kappa shape index (κ2) is 5.90. The standard InChI is InChI=1S/C17H23N3O/c1-18-17(8-3-2-4-9-17)12-16(21)20-14-5-6-15-13(11-14)7-10-19-15/h5-7,10-11,18-19H,2-4,8-9,12H2,1H3,(H,20,21). The maximum Gasteiger partial charge on any atom is 0.226 e. The first-order valence-corrected chi connectivity index (χ1v) is 7.77. The summed E-state index contributed by atoms with van der Waals surface area (Å²) in [7, 11) is 1.98. The van der Waals surface area contributed by atoms with Crippen LogP contribution >= 0.6 is 0 Å². The zero-order chi connectivity index (χ0) is 14.7. The molecule has 0 saturated heterocycles. The summed E-state index contributed by atoms with van der Waals surface area (Å²) >= 11 is 0. The van der Waals surface area contributed by atoms with Gasteiger partial charge in [-0.15, -0.1) is 0 Å². The highest BCUT2D eigenvalue weighted by molar-refractivity contribution is 5.94. The van der Waals surface area contributed by atoms with Crippen molar-refractivity contribution in [1.29, 1.82) is 0 Å². The molecule has 4 heteroatoms. The number of anilines is 1. The summed E-state index contributed by atoms with van der Waals surface area (Å²) in [4.78, 5) is 15.5. The highest BCUT2D eigenvalue weighted by atomic mass is 16.1. The van der Waals surface area contributed by atoms with Gasteiger partial charge in [-0.05, 0) is 44.2 Å². The van der Waals surface area contributed by atoms with E-state index < -0.39 is 0 Å². The van der Waals surface area contributed by atoms with Crippen molar-refractivity contribution in [1.82, 2.24) is 10.3 Å². The monoisotopic (exact) mass is 285 g/mol. The van der Waals surface area contributed by atoms with E-state index in [1.54, 1.807) is 0 Å². The minimum absolute atomic E-state index is 0.0134. The fourth-order valence-electron chi connectivity index (χ4n) is 3.39. The number of carbonyl (C=O) groups excluding carboxylic acids is 1. The lowest BCUT2D eigenvalue weighted by molar-refractivity contribution is -0.117. The summed E-state index contributed by atoms with van der Waals surface area (Å²) in [5, 5.41) is 7.55. The van der Waals surface area contributed by atoms with Gasteiger partial charge in [0.1, 0.15) is 0 Å². The summed E-state index contributed by atoms with van der Waals surface area (Å²) in [6.07, 6.45) is 8.35. The summed E-state index contributed by atoms with van der Waals surface area (Å²) in [5.74, 6) is 0.0983. The molecule has 3 N–H and O–H groups in total. The van der Waals surface area contributed by atoms with E-state index in [9.17, 15) is 4.79 Å². The summed E-state index contributed by atoms with van der Waals surface area (Å²) in [6, 6.07) is 7.97. The van der Waals surface area contributed by atoms with Crippen molar-refractivity contribution in [2.75, 3.05) is 12.4 Å². The van der Waals surface area contributed by atoms with Crippen molar-refractivity contribution < 1.29 is 4.79 Å². The largest absolute Gasteiger partial charge is 0.361 e. The smallest absolute Gasteiger partial charge is 0.226 e. The van der Waals surface area contributed by atoms with Crippen molar-refractivity contribution in [3.05, 3.63) is 30.5 Å². The van der Waals surface area contributed by atoms with Crippen LogP contribution in [0, 0.1) is 0 Å². The molecule has 1 aromatic carbocycles. The van der Waals surface area contributed by atoms with Gasteiger partial charge in [-0.1, -0.05) is 19.3 Å². The molecule has 21 heavy (non-hydrogen) atoms. The van der Waals surface area contributed by atoms with Crippen LogP contribution in [0.1, 0.15) is 38.5 Å². The first-order valence-electron chi connectivity index (χ1n) is 7.77. The van der Waals surface area contributed by atoms with E-state index in [-0.39, 0.29) is 11.4 Å². The molecule has 0 aliphatic heterocycles. The number of rotatable bonds is 4. The van der Waals surface area contributed by atoms with E-state index in [1.165, 1.54) is 19.3 Å². The fraction of sp³-hybridized carbons (Fsp3) is 0.471. The lowest BCUT2D eigenvalue weighted by Crippen LogP contribution is -2.47. The van der Waals surface area contributed by atoms with E-state index >= 15 is 0 Å². The minimum Gasteiger partial charge on any atom is -0.361 e. The maximum atomic E-state index is 12.4. The van der Waals surface area contributed by atoms with Gasteiger partial charge in [0, 0.05) is 34.7 Å². The molecule has 0 atom stereocenters. The summed E-state index contributed by atoms with van der Waals surface area (Å²) in [5.41, 5.74) is 1.95. The first-order chi connectivity index (χ1) is 10.2. The summed E-state index contributed by atoms with van der Waals surface area (Å²) in [6.45, 7) is 0. The molecule has 0 bridgehead atoms. The van der Waals surface area contributed by atoms with Crippen molar-refractivity contribution >= 4 is 22.5 Å². The maximum absolute atomic E-state index is 12.4. The normalized spacial score (nSPS) is 17.8. The van der Waals surface area contributed by atoms with Gasteiger partial charge >= 0.3 is 0 Å². The molecular weight excluding hydrogens is 262 g/mol. The number of benzene rings is 1. The van der Waals surface area contributed by atoms with Crippen molar-refractivity contribution in [3.8, 4) is 0 Å².